The zero-order chi connectivity index (χ0) is 14.7. The average molecular weight is 307 g/mol. The SMILES string of the molecule is CCn1c(SCCOc2ccc(F)cc2)nnc1C1CC1. The van der Waals surface area contributed by atoms with E-state index in [0.29, 0.717) is 18.3 Å². The first kappa shape index (κ1) is 14.4. The molecule has 1 aliphatic carbocycles. The highest BCUT2D eigenvalue weighted by molar-refractivity contribution is 7.99. The van der Waals surface area contributed by atoms with Gasteiger partial charge in [-0.25, -0.2) is 4.39 Å². The first-order valence-electron chi connectivity index (χ1n) is 7.22. The van der Waals surface area contributed by atoms with E-state index in [1.54, 1.807) is 23.9 Å². The summed E-state index contributed by atoms with van der Waals surface area (Å²) in [5.41, 5.74) is 0. The fourth-order valence-corrected chi connectivity index (χ4v) is 3.00. The quantitative estimate of drug-likeness (QED) is 0.580. The molecule has 1 aromatic carbocycles. The Kier molecular flexibility index (Phi) is 4.43. The van der Waals surface area contributed by atoms with Crippen LogP contribution in [0.15, 0.2) is 29.4 Å². The molecule has 21 heavy (non-hydrogen) atoms. The van der Waals surface area contributed by atoms with Gasteiger partial charge < -0.3 is 9.30 Å². The van der Waals surface area contributed by atoms with Crippen molar-refractivity contribution in [2.75, 3.05) is 12.4 Å². The molecular formula is C15H18FN3OS. The number of aromatic nitrogens is 3. The van der Waals surface area contributed by atoms with Crippen molar-refractivity contribution in [1.82, 2.24) is 14.8 Å². The summed E-state index contributed by atoms with van der Waals surface area (Å²) >= 11 is 1.65. The second kappa shape index (κ2) is 6.47. The molecule has 0 atom stereocenters. The van der Waals surface area contributed by atoms with E-state index in [4.69, 9.17) is 4.74 Å². The minimum Gasteiger partial charge on any atom is -0.493 e. The molecule has 0 radical (unpaired) electrons. The molecular weight excluding hydrogens is 289 g/mol. The average Bonchev–Trinajstić information content (AvgIpc) is 3.26. The van der Waals surface area contributed by atoms with Gasteiger partial charge in [0.2, 0.25) is 0 Å². The van der Waals surface area contributed by atoms with E-state index in [-0.39, 0.29) is 5.82 Å². The molecule has 1 heterocycles. The molecule has 1 aliphatic rings. The number of hydrogen-bond donors (Lipinski definition) is 0. The highest BCUT2D eigenvalue weighted by Gasteiger charge is 2.29. The third-order valence-corrected chi connectivity index (χ3v) is 4.33. The van der Waals surface area contributed by atoms with Crippen LogP contribution in [0.2, 0.25) is 0 Å². The van der Waals surface area contributed by atoms with Crippen LogP contribution >= 0.6 is 11.8 Å². The molecule has 0 bridgehead atoms. The van der Waals surface area contributed by atoms with Crippen LogP contribution in [0.3, 0.4) is 0 Å². The number of thioether (sulfide) groups is 1. The zero-order valence-electron chi connectivity index (χ0n) is 12.0. The molecule has 1 fully saturated rings. The van der Waals surface area contributed by atoms with Crippen molar-refractivity contribution in [2.45, 2.75) is 37.4 Å². The second-order valence-corrected chi connectivity index (χ2v) is 6.07. The molecule has 0 N–H and O–H groups in total. The van der Waals surface area contributed by atoms with Crippen LogP contribution in [-0.2, 0) is 6.54 Å². The van der Waals surface area contributed by atoms with Crippen LogP contribution in [0.25, 0.3) is 0 Å². The van der Waals surface area contributed by atoms with Crippen molar-refractivity contribution >= 4 is 11.8 Å². The predicted molar refractivity (Wildman–Crippen MR) is 80.3 cm³/mol. The molecule has 6 heteroatoms. The lowest BCUT2D eigenvalue weighted by atomic mass is 10.3. The summed E-state index contributed by atoms with van der Waals surface area (Å²) in [6, 6.07) is 6.08. The number of ether oxygens (including phenoxy) is 1. The molecule has 112 valence electrons. The first-order chi connectivity index (χ1) is 10.3. The second-order valence-electron chi connectivity index (χ2n) is 5.01. The van der Waals surface area contributed by atoms with Gasteiger partial charge in [0, 0.05) is 18.2 Å². The summed E-state index contributed by atoms with van der Waals surface area (Å²) in [6.07, 6.45) is 2.47. The lowest BCUT2D eigenvalue weighted by Crippen LogP contribution is -2.04. The lowest BCUT2D eigenvalue weighted by Gasteiger charge is -2.07. The summed E-state index contributed by atoms with van der Waals surface area (Å²) < 4.78 is 20.5. The van der Waals surface area contributed by atoms with Gasteiger partial charge in [0.05, 0.1) is 6.61 Å². The van der Waals surface area contributed by atoms with Gasteiger partial charge >= 0.3 is 0 Å². The van der Waals surface area contributed by atoms with E-state index in [2.05, 4.69) is 21.7 Å². The molecule has 0 aliphatic heterocycles. The van der Waals surface area contributed by atoms with Crippen LogP contribution in [-0.4, -0.2) is 27.1 Å². The minimum atomic E-state index is -0.250. The Hall–Kier alpha value is -1.56. The van der Waals surface area contributed by atoms with Gasteiger partial charge in [-0.05, 0) is 44.0 Å². The molecule has 0 spiro atoms. The smallest absolute Gasteiger partial charge is 0.191 e. The Labute approximate surface area is 127 Å². The summed E-state index contributed by atoms with van der Waals surface area (Å²) in [6.45, 7) is 3.58. The third kappa shape index (κ3) is 3.56. The van der Waals surface area contributed by atoms with E-state index in [0.717, 1.165) is 23.3 Å². The molecule has 1 saturated carbocycles. The number of hydrogen-bond acceptors (Lipinski definition) is 4. The first-order valence-corrected chi connectivity index (χ1v) is 8.20. The van der Waals surface area contributed by atoms with E-state index in [9.17, 15) is 4.39 Å². The Morgan fingerprint density at radius 2 is 2.05 bits per heavy atom. The van der Waals surface area contributed by atoms with Gasteiger partial charge in [0.25, 0.3) is 0 Å². The van der Waals surface area contributed by atoms with Gasteiger partial charge in [-0.1, -0.05) is 11.8 Å². The normalized spacial score (nSPS) is 14.4. The van der Waals surface area contributed by atoms with Gasteiger partial charge in [-0.2, -0.15) is 0 Å². The van der Waals surface area contributed by atoms with E-state index >= 15 is 0 Å². The van der Waals surface area contributed by atoms with Crippen molar-refractivity contribution in [1.29, 1.82) is 0 Å². The van der Waals surface area contributed by atoms with Crippen LogP contribution in [0.1, 0.15) is 31.5 Å². The summed E-state index contributed by atoms with van der Waals surface area (Å²) in [7, 11) is 0. The highest BCUT2D eigenvalue weighted by Crippen LogP contribution is 2.39. The highest BCUT2D eigenvalue weighted by atomic mass is 32.2. The maximum atomic E-state index is 12.8. The Bertz CT molecular complexity index is 595. The van der Waals surface area contributed by atoms with Crippen molar-refractivity contribution in [3.8, 4) is 5.75 Å². The monoisotopic (exact) mass is 307 g/mol. The summed E-state index contributed by atoms with van der Waals surface area (Å²) in [5, 5.41) is 9.54. The van der Waals surface area contributed by atoms with Crippen molar-refractivity contribution in [3.05, 3.63) is 35.9 Å². The summed E-state index contributed by atoms with van der Waals surface area (Å²) in [5.74, 6) is 2.97. The Balaban J connectivity index is 1.50. The van der Waals surface area contributed by atoms with E-state index in [1.807, 2.05) is 0 Å². The maximum Gasteiger partial charge on any atom is 0.191 e. The molecule has 1 aromatic heterocycles. The molecule has 3 rings (SSSR count). The van der Waals surface area contributed by atoms with Gasteiger partial charge in [0.1, 0.15) is 17.4 Å². The third-order valence-electron chi connectivity index (χ3n) is 3.40. The number of rotatable bonds is 7. The van der Waals surface area contributed by atoms with Crippen LogP contribution in [0.4, 0.5) is 4.39 Å². The number of halogens is 1. The molecule has 2 aromatic rings. The minimum absolute atomic E-state index is 0.250. The van der Waals surface area contributed by atoms with Crippen molar-refractivity contribution in [3.63, 3.8) is 0 Å². The molecule has 4 nitrogen and oxygen atoms in total. The standard InChI is InChI=1S/C15H18FN3OS/c1-2-19-14(11-3-4-11)17-18-15(19)21-10-9-20-13-7-5-12(16)6-8-13/h5-8,11H,2-4,9-10H2,1H3. The fraction of sp³-hybridized carbons (Fsp3) is 0.467. The number of benzene rings is 1. The van der Waals surface area contributed by atoms with Crippen molar-refractivity contribution < 1.29 is 9.13 Å². The van der Waals surface area contributed by atoms with Crippen LogP contribution < -0.4 is 4.74 Å². The van der Waals surface area contributed by atoms with E-state index in [1.165, 1.54) is 25.0 Å². The van der Waals surface area contributed by atoms with Crippen LogP contribution in [0, 0.1) is 5.82 Å². The van der Waals surface area contributed by atoms with Crippen molar-refractivity contribution in [2.24, 2.45) is 0 Å². The predicted octanol–water partition coefficient (Wildman–Crippen LogP) is 3.49. The largest absolute Gasteiger partial charge is 0.493 e. The zero-order valence-corrected chi connectivity index (χ0v) is 12.8. The Morgan fingerprint density at radius 3 is 2.71 bits per heavy atom. The number of nitrogens with zero attached hydrogens (tertiary/aromatic N) is 3. The fourth-order valence-electron chi connectivity index (χ4n) is 2.17. The Morgan fingerprint density at radius 1 is 1.29 bits per heavy atom. The molecule has 0 amide bonds. The van der Waals surface area contributed by atoms with Gasteiger partial charge in [-0.3, -0.25) is 0 Å². The topological polar surface area (TPSA) is 39.9 Å². The maximum absolute atomic E-state index is 12.8. The van der Waals surface area contributed by atoms with Gasteiger partial charge in [-0.15, -0.1) is 10.2 Å². The molecule has 0 saturated heterocycles. The summed E-state index contributed by atoms with van der Waals surface area (Å²) in [4.78, 5) is 0. The molecule has 0 unspecified atom stereocenters. The van der Waals surface area contributed by atoms with E-state index < -0.39 is 0 Å². The van der Waals surface area contributed by atoms with Gasteiger partial charge in [0.15, 0.2) is 5.16 Å². The lowest BCUT2D eigenvalue weighted by molar-refractivity contribution is 0.343. The van der Waals surface area contributed by atoms with Crippen LogP contribution in [0.5, 0.6) is 5.75 Å².